The number of benzene rings is 1. The van der Waals surface area contributed by atoms with Crippen molar-refractivity contribution in [3.63, 3.8) is 0 Å². The highest BCUT2D eigenvalue weighted by atomic mass is 127. The van der Waals surface area contributed by atoms with Crippen LogP contribution in [0.3, 0.4) is 0 Å². The fourth-order valence-corrected chi connectivity index (χ4v) is 3.23. The van der Waals surface area contributed by atoms with Crippen LogP contribution in [0.5, 0.6) is 0 Å². The van der Waals surface area contributed by atoms with Crippen molar-refractivity contribution in [1.29, 1.82) is 0 Å². The maximum atomic E-state index is 3.62. The van der Waals surface area contributed by atoms with Gasteiger partial charge in [-0.1, -0.05) is 38.3 Å². The van der Waals surface area contributed by atoms with Crippen LogP contribution < -0.4 is 5.32 Å². The summed E-state index contributed by atoms with van der Waals surface area (Å²) in [5.74, 6) is 1.93. The molecule has 1 saturated carbocycles. The molecule has 100 valence electrons. The molecule has 1 N–H and O–H groups in total. The zero-order valence-electron chi connectivity index (χ0n) is 11.3. The summed E-state index contributed by atoms with van der Waals surface area (Å²) in [5.41, 5.74) is 1.40. The monoisotopic (exact) mass is 357 g/mol. The van der Waals surface area contributed by atoms with E-state index in [0.717, 1.165) is 18.4 Å². The van der Waals surface area contributed by atoms with E-state index >= 15 is 0 Å². The standard InChI is InChI=1S/C16H24IN/c1-2-13-3-5-14(6-4-13)11-18-12-15-7-9-16(17)10-8-15/h7-10,13-14,18H,2-6,11-12H2,1H3. The smallest absolute Gasteiger partial charge is 0.0205 e. The molecule has 0 saturated heterocycles. The largest absolute Gasteiger partial charge is 0.312 e. The highest BCUT2D eigenvalue weighted by Crippen LogP contribution is 2.30. The molecule has 1 aromatic rings. The lowest BCUT2D eigenvalue weighted by Gasteiger charge is -2.27. The molecule has 0 spiro atoms. The third kappa shape index (κ3) is 4.54. The molecule has 18 heavy (non-hydrogen) atoms. The van der Waals surface area contributed by atoms with Gasteiger partial charge in [0.25, 0.3) is 0 Å². The molecule has 2 rings (SSSR count). The summed E-state index contributed by atoms with van der Waals surface area (Å²) >= 11 is 2.35. The predicted octanol–water partition coefficient (Wildman–Crippen LogP) is 4.60. The van der Waals surface area contributed by atoms with Crippen molar-refractivity contribution >= 4 is 22.6 Å². The number of halogens is 1. The van der Waals surface area contributed by atoms with Crippen molar-refractivity contribution in [3.05, 3.63) is 33.4 Å². The highest BCUT2D eigenvalue weighted by Gasteiger charge is 2.19. The first-order valence-electron chi connectivity index (χ1n) is 7.23. The van der Waals surface area contributed by atoms with Gasteiger partial charge in [-0.15, -0.1) is 0 Å². The average Bonchev–Trinajstić information content (AvgIpc) is 2.42. The second kappa shape index (κ2) is 7.49. The predicted molar refractivity (Wildman–Crippen MR) is 86.6 cm³/mol. The molecule has 0 aliphatic heterocycles. The SMILES string of the molecule is CCC1CCC(CNCc2ccc(I)cc2)CC1. The maximum absolute atomic E-state index is 3.62. The summed E-state index contributed by atoms with van der Waals surface area (Å²) in [7, 11) is 0. The van der Waals surface area contributed by atoms with Crippen molar-refractivity contribution < 1.29 is 0 Å². The molecule has 0 amide bonds. The number of rotatable bonds is 5. The van der Waals surface area contributed by atoms with Gasteiger partial charge < -0.3 is 5.32 Å². The van der Waals surface area contributed by atoms with Crippen molar-refractivity contribution in [3.8, 4) is 0 Å². The minimum Gasteiger partial charge on any atom is -0.312 e. The van der Waals surface area contributed by atoms with E-state index in [-0.39, 0.29) is 0 Å². The zero-order chi connectivity index (χ0) is 12.8. The van der Waals surface area contributed by atoms with Crippen LogP contribution in [0.1, 0.15) is 44.6 Å². The van der Waals surface area contributed by atoms with E-state index in [0.29, 0.717) is 0 Å². The first-order valence-corrected chi connectivity index (χ1v) is 8.31. The molecule has 1 fully saturated rings. The Morgan fingerprint density at radius 1 is 1.06 bits per heavy atom. The summed E-state index contributed by atoms with van der Waals surface area (Å²) in [5, 5.41) is 3.62. The van der Waals surface area contributed by atoms with E-state index in [1.165, 1.54) is 47.8 Å². The lowest BCUT2D eigenvalue weighted by Crippen LogP contribution is -2.26. The van der Waals surface area contributed by atoms with Crippen LogP contribution in [0.4, 0.5) is 0 Å². The topological polar surface area (TPSA) is 12.0 Å². The summed E-state index contributed by atoms with van der Waals surface area (Å²) in [6, 6.07) is 8.82. The number of hydrogen-bond acceptors (Lipinski definition) is 1. The van der Waals surface area contributed by atoms with Gasteiger partial charge in [0.2, 0.25) is 0 Å². The van der Waals surface area contributed by atoms with Crippen LogP contribution in [0.25, 0.3) is 0 Å². The van der Waals surface area contributed by atoms with Gasteiger partial charge in [0.05, 0.1) is 0 Å². The second-order valence-corrected chi connectivity index (χ2v) is 6.80. The highest BCUT2D eigenvalue weighted by molar-refractivity contribution is 14.1. The Kier molecular flexibility index (Phi) is 5.96. The Balaban J connectivity index is 1.65. The minimum atomic E-state index is 0.914. The van der Waals surface area contributed by atoms with Crippen LogP contribution in [0.2, 0.25) is 0 Å². The van der Waals surface area contributed by atoms with Gasteiger partial charge in [-0.05, 0) is 71.5 Å². The Morgan fingerprint density at radius 2 is 1.67 bits per heavy atom. The fraction of sp³-hybridized carbons (Fsp3) is 0.625. The Labute approximate surface area is 125 Å². The minimum absolute atomic E-state index is 0.914. The summed E-state index contributed by atoms with van der Waals surface area (Å²) in [4.78, 5) is 0. The van der Waals surface area contributed by atoms with Crippen molar-refractivity contribution in [1.82, 2.24) is 5.32 Å². The van der Waals surface area contributed by atoms with Gasteiger partial charge >= 0.3 is 0 Å². The zero-order valence-corrected chi connectivity index (χ0v) is 13.4. The molecule has 1 aromatic carbocycles. The van der Waals surface area contributed by atoms with Crippen molar-refractivity contribution in [2.24, 2.45) is 11.8 Å². The molecule has 1 aliphatic carbocycles. The van der Waals surface area contributed by atoms with Gasteiger partial charge in [-0.25, -0.2) is 0 Å². The second-order valence-electron chi connectivity index (χ2n) is 5.55. The normalized spacial score (nSPS) is 24.1. The van der Waals surface area contributed by atoms with Gasteiger partial charge in [0.15, 0.2) is 0 Å². The lowest BCUT2D eigenvalue weighted by molar-refractivity contribution is 0.262. The Bertz CT molecular complexity index is 339. The first kappa shape index (κ1) is 14.3. The van der Waals surface area contributed by atoms with Gasteiger partial charge in [-0.2, -0.15) is 0 Å². The Hall–Kier alpha value is -0.0900. The quantitative estimate of drug-likeness (QED) is 0.760. The Morgan fingerprint density at radius 3 is 2.28 bits per heavy atom. The van der Waals surface area contributed by atoms with Crippen molar-refractivity contribution in [2.75, 3.05) is 6.54 Å². The lowest BCUT2D eigenvalue weighted by atomic mass is 9.81. The van der Waals surface area contributed by atoms with E-state index in [1.54, 1.807) is 0 Å². The van der Waals surface area contributed by atoms with Gasteiger partial charge in [0.1, 0.15) is 0 Å². The molecule has 0 aromatic heterocycles. The molecule has 0 radical (unpaired) electrons. The van der Waals surface area contributed by atoms with E-state index in [9.17, 15) is 0 Å². The van der Waals surface area contributed by atoms with Crippen LogP contribution in [0, 0.1) is 15.4 Å². The third-order valence-corrected chi connectivity index (χ3v) is 4.94. The summed E-state index contributed by atoms with van der Waals surface area (Å²) in [6.45, 7) is 4.55. The van der Waals surface area contributed by atoms with E-state index in [2.05, 4.69) is 59.1 Å². The van der Waals surface area contributed by atoms with Gasteiger partial charge in [-0.3, -0.25) is 0 Å². The molecule has 1 nitrogen and oxygen atoms in total. The first-order chi connectivity index (χ1) is 8.78. The fourth-order valence-electron chi connectivity index (χ4n) is 2.87. The summed E-state index contributed by atoms with van der Waals surface area (Å²) in [6.07, 6.45) is 7.14. The average molecular weight is 357 g/mol. The number of nitrogens with one attached hydrogen (secondary N) is 1. The molecule has 0 unspecified atom stereocenters. The van der Waals surface area contributed by atoms with E-state index in [4.69, 9.17) is 0 Å². The van der Waals surface area contributed by atoms with Crippen LogP contribution in [-0.2, 0) is 6.54 Å². The molecule has 2 heteroatoms. The van der Waals surface area contributed by atoms with Crippen LogP contribution in [-0.4, -0.2) is 6.54 Å². The molecule has 0 atom stereocenters. The van der Waals surface area contributed by atoms with E-state index in [1.807, 2.05) is 0 Å². The van der Waals surface area contributed by atoms with Crippen LogP contribution in [0.15, 0.2) is 24.3 Å². The van der Waals surface area contributed by atoms with Crippen molar-refractivity contribution in [2.45, 2.75) is 45.6 Å². The molecule has 0 bridgehead atoms. The molecular formula is C16H24IN. The van der Waals surface area contributed by atoms with Crippen LogP contribution >= 0.6 is 22.6 Å². The van der Waals surface area contributed by atoms with E-state index < -0.39 is 0 Å². The third-order valence-electron chi connectivity index (χ3n) is 4.22. The maximum Gasteiger partial charge on any atom is 0.0205 e. The number of hydrogen-bond donors (Lipinski definition) is 1. The molecule has 1 aliphatic rings. The molecule has 0 heterocycles. The molecular weight excluding hydrogens is 333 g/mol. The summed E-state index contributed by atoms with van der Waals surface area (Å²) < 4.78 is 1.31. The van der Waals surface area contributed by atoms with Gasteiger partial charge in [0, 0.05) is 10.1 Å².